The summed E-state index contributed by atoms with van der Waals surface area (Å²) in [5, 5.41) is 22.2. The number of nitrogens with zero attached hydrogens (tertiary/aromatic N) is 3. The maximum absolute atomic E-state index is 12.4. The molecule has 182 valence electrons. The Labute approximate surface area is 208 Å². The summed E-state index contributed by atoms with van der Waals surface area (Å²) in [4.78, 5) is 37.4. The molecule has 3 aromatic carbocycles. The van der Waals surface area contributed by atoms with Gasteiger partial charge in [0.05, 0.1) is 27.5 Å². The van der Waals surface area contributed by atoms with Crippen LogP contribution in [0.1, 0.15) is 16.7 Å². The average Bonchev–Trinajstić information content (AvgIpc) is 3.22. The normalized spacial score (nSPS) is 13.8. The van der Waals surface area contributed by atoms with E-state index in [1.54, 1.807) is 30.3 Å². The molecule has 0 bridgehead atoms. The first-order valence-electron chi connectivity index (χ1n) is 10.3. The van der Waals surface area contributed by atoms with Gasteiger partial charge in [0.1, 0.15) is 6.61 Å². The number of methoxy groups -OCH3 is 1. The molecule has 3 aromatic rings. The van der Waals surface area contributed by atoms with Crippen LogP contribution in [-0.2, 0) is 16.1 Å². The van der Waals surface area contributed by atoms with Crippen LogP contribution in [0.25, 0.3) is 6.08 Å². The SMILES string of the molecule is COc1cc(/C=C2\N=C(c3cc([N+](=O)[O-])ccc3Cl)OC2=O)ccc1OCc1cccc([N+](=O)[O-])c1. The van der Waals surface area contributed by atoms with Crippen LogP contribution in [0.2, 0.25) is 5.02 Å². The summed E-state index contributed by atoms with van der Waals surface area (Å²) in [6.07, 6.45) is 1.45. The predicted octanol–water partition coefficient (Wildman–Crippen LogP) is 5.09. The van der Waals surface area contributed by atoms with Gasteiger partial charge < -0.3 is 14.2 Å². The van der Waals surface area contributed by atoms with Gasteiger partial charge in [0.15, 0.2) is 17.2 Å². The van der Waals surface area contributed by atoms with Crippen molar-refractivity contribution in [2.75, 3.05) is 7.11 Å². The number of nitro groups is 2. The minimum atomic E-state index is -0.752. The van der Waals surface area contributed by atoms with Gasteiger partial charge in [-0.15, -0.1) is 0 Å². The number of benzene rings is 3. The Morgan fingerprint density at radius 3 is 2.47 bits per heavy atom. The van der Waals surface area contributed by atoms with E-state index in [2.05, 4.69) is 4.99 Å². The van der Waals surface area contributed by atoms with Crippen molar-refractivity contribution in [1.82, 2.24) is 0 Å². The Balaban J connectivity index is 1.56. The quantitative estimate of drug-likeness (QED) is 0.177. The van der Waals surface area contributed by atoms with Gasteiger partial charge in [0, 0.05) is 24.3 Å². The summed E-state index contributed by atoms with van der Waals surface area (Å²) < 4.78 is 16.3. The average molecular weight is 510 g/mol. The largest absolute Gasteiger partial charge is 0.493 e. The monoisotopic (exact) mass is 509 g/mol. The molecule has 0 amide bonds. The van der Waals surface area contributed by atoms with Crippen LogP contribution in [0.4, 0.5) is 11.4 Å². The van der Waals surface area contributed by atoms with E-state index in [1.165, 1.54) is 43.5 Å². The van der Waals surface area contributed by atoms with Gasteiger partial charge in [-0.05, 0) is 35.4 Å². The molecule has 1 aliphatic rings. The molecular formula is C24H16ClN3O8. The fourth-order valence-corrected chi connectivity index (χ4v) is 3.49. The minimum absolute atomic E-state index is 0.0418. The van der Waals surface area contributed by atoms with E-state index in [1.807, 2.05) is 0 Å². The summed E-state index contributed by atoms with van der Waals surface area (Å²) >= 11 is 6.11. The number of aliphatic imine (C=N–C) groups is 1. The zero-order valence-electron chi connectivity index (χ0n) is 18.5. The molecular weight excluding hydrogens is 494 g/mol. The van der Waals surface area contributed by atoms with Crippen molar-refractivity contribution in [2.45, 2.75) is 6.61 Å². The highest BCUT2D eigenvalue weighted by atomic mass is 35.5. The zero-order valence-corrected chi connectivity index (χ0v) is 19.3. The van der Waals surface area contributed by atoms with E-state index in [9.17, 15) is 25.0 Å². The molecule has 0 saturated heterocycles. The topological polar surface area (TPSA) is 143 Å². The molecule has 0 radical (unpaired) electrons. The van der Waals surface area contributed by atoms with Crippen LogP contribution >= 0.6 is 11.6 Å². The van der Waals surface area contributed by atoms with Crippen molar-refractivity contribution in [1.29, 1.82) is 0 Å². The number of cyclic esters (lactones) is 1. The number of carbonyl (C=O) groups excluding carboxylic acids is 1. The molecule has 0 saturated carbocycles. The van der Waals surface area contributed by atoms with Crippen LogP contribution in [0.15, 0.2) is 71.4 Å². The van der Waals surface area contributed by atoms with E-state index in [0.717, 1.165) is 0 Å². The molecule has 0 atom stereocenters. The van der Waals surface area contributed by atoms with Crippen molar-refractivity contribution >= 4 is 40.9 Å². The molecule has 0 fully saturated rings. The smallest absolute Gasteiger partial charge is 0.363 e. The van der Waals surface area contributed by atoms with Crippen LogP contribution in [-0.4, -0.2) is 28.8 Å². The first-order valence-corrected chi connectivity index (χ1v) is 10.6. The van der Waals surface area contributed by atoms with Gasteiger partial charge in [0.25, 0.3) is 11.4 Å². The lowest BCUT2D eigenvalue weighted by molar-refractivity contribution is -0.385. The highest BCUT2D eigenvalue weighted by molar-refractivity contribution is 6.34. The second-order valence-corrected chi connectivity index (χ2v) is 7.79. The van der Waals surface area contributed by atoms with Gasteiger partial charge in [-0.25, -0.2) is 9.79 Å². The maximum atomic E-state index is 12.4. The fraction of sp³-hybridized carbons (Fsp3) is 0.0833. The van der Waals surface area contributed by atoms with Crippen LogP contribution in [0.5, 0.6) is 11.5 Å². The number of halogens is 1. The van der Waals surface area contributed by atoms with E-state index in [4.69, 9.17) is 25.8 Å². The van der Waals surface area contributed by atoms with Gasteiger partial charge in [0.2, 0.25) is 5.90 Å². The Kier molecular flexibility index (Phi) is 6.93. The van der Waals surface area contributed by atoms with Crippen molar-refractivity contribution in [3.05, 3.63) is 108 Å². The zero-order chi connectivity index (χ0) is 25.8. The molecule has 36 heavy (non-hydrogen) atoms. The van der Waals surface area contributed by atoms with Crippen molar-refractivity contribution < 1.29 is 28.9 Å². The summed E-state index contributed by atoms with van der Waals surface area (Å²) in [7, 11) is 1.44. The third-order valence-corrected chi connectivity index (χ3v) is 5.35. The van der Waals surface area contributed by atoms with Gasteiger partial charge in [-0.1, -0.05) is 29.8 Å². The number of rotatable bonds is 8. The van der Waals surface area contributed by atoms with Crippen molar-refractivity contribution in [2.24, 2.45) is 4.99 Å². The lowest BCUT2D eigenvalue weighted by atomic mass is 10.1. The third kappa shape index (κ3) is 5.31. The number of non-ortho nitro benzene ring substituents is 2. The molecule has 11 nitrogen and oxygen atoms in total. The second-order valence-electron chi connectivity index (χ2n) is 7.38. The molecule has 12 heteroatoms. The standard InChI is InChI=1S/C24H16ClN3O8/c1-34-22-11-14(5-8-21(22)35-13-15-3-2-4-16(9-15)27(30)31)10-20-24(29)36-23(26-20)18-12-17(28(32)33)6-7-19(18)25/h2-12H,13H2,1H3/b20-10-. The van der Waals surface area contributed by atoms with E-state index < -0.39 is 15.8 Å². The lowest BCUT2D eigenvalue weighted by Crippen LogP contribution is -2.06. The molecule has 0 unspecified atom stereocenters. The molecule has 0 aromatic heterocycles. The Bertz CT molecular complexity index is 1450. The number of hydrogen-bond acceptors (Lipinski definition) is 9. The van der Waals surface area contributed by atoms with Gasteiger partial charge >= 0.3 is 5.97 Å². The fourth-order valence-electron chi connectivity index (χ4n) is 3.29. The number of ether oxygens (including phenoxy) is 3. The minimum Gasteiger partial charge on any atom is -0.493 e. The molecule has 0 spiro atoms. The summed E-state index contributed by atoms with van der Waals surface area (Å²) in [6, 6.07) is 14.7. The van der Waals surface area contributed by atoms with Gasteiger partial charge in [-0.3, -0.25) is 20.2 Å². The van der Waals surface area contributed by atoms with E-state index in [-0.39, 0.29) is 40.2 Å². The summed E-state index contributed by atoms with van der Waals surface area (Å²) in [5.41, 5.74) is 0.949. The number of nitro benzene ring substituents is 2. The Morgan fingerprint density at radius 2 is 1.75 bits per heavy atom. The van der Waals surface area contributed by atoms with Gasteiger partial charge in [-0.2, -0.15) is 0 Å². The molecule has 4 rings (SSSR count). The predicted molar refractivity (Wildman–Crippen MR) is 129 cm³/mol. The lowest BCUT2D eigenvalue weighted by Gasteiger charge is -2.11. The van der Waals surface area contributed by atoms with Crippen LogP contribution in [0.3, 0.4) is 0 Å². The van der Waals surface area contributed by atoms with E-state index in [0.29, 0.717) is 22.6 Å². The van der Waals surface area contributed by atoms with Crippen LogP contribution in [0, 0.1) is 20.2 Å². The van der Waals surface area contributed by atoms with Crippen molar-refractivity contribution in [3.8, 4) is 11.5 Å². The number of hydrogen-bond donors (Lipinski definition) is 0. The number of carbonyl (C=O) groups is 1. The first kappa shape index (κ1) is 24.4. The van der Waals surface area contributed by atoms with E-state index >= 15 is 0 Å². The molecule has 1 aliphatic heterocycles. The highest BCUT2D eigenvalue weighted by Gasteiger charge is 2.27. The molecule has 0 N–H and O–H groups in total. The molecule has 1 heterocycles. The Morgan fingerprint density at radius 1 is 1.00 bits per heavy atom. The Hall–Kier alpha value is -4.77. The maximum Gasteiger partial charge on any atom is 0.363 e. The summed E-state index contributed by atoms with van der Waals surface area (Å²) in [5.74, 6) is -0.166. The highest BCUT2D eigenvalue weighted by Crippen LogP contribution is 2.31. The first-order chi connectivity index (χ1) is 17.2. The summed E-state index contributed by atoms with van der Waals surface area (Å²) in [6.45, 7) is 0.0719. The second kappa shape index (κ2) is 10.2. The molecule has 0 aliphatic carbocycles. The third-order valence-electron chi connectivity index (χ3n) is 5.02. The van der Waals surface area contributed by atoms with Crippen LogP contribution < -0.4 is 9.47 Å². The number of esters is 1. The van der Waals surface area contributed by atoms with Crippen molar-refractivity contribution in [3.63, 3.8) is 0 Å².